The molecule has 3 aromatic heterocycles. The van der Waals surface area contributed by atoms with Crippen LogP contribution in [0.2, 0.25) is 0 Å². The molecule has 11 heteroatoms. The van der Waals surface area contributed by atoms with E-state index in [-0.39, 0.29) is 0 Å². The number of amides is 1. The maximum Gasteiger partial charge on any atom is 0.410 e. The Labute approximate surface area is 170 Å². The minimum absolute atomic E-state index is 0.342. The first kappa shape index (κ1) is 20.2. The normalized spacial score (nSPS) is 17.5. The van der Waals surface area contributed by atoms with Gasteiger partial charge >= 0.3 is 12.3 Å². The molecule has 30 heavy (non-hydrogen) atoms. The van der Waals surface area contributed by atoms with E-state index in [1.807, 2.05) is 17.9 Å². The van der Waals surface area contributed by atoms with Crippen LogP contribution in [0.1, 0.15) is 18.7 Å². The molecule has 1 saturated heterocycles. The van der Waals surface area contributed by atoms with Gasteiger partial charge < -0.3 is 19.5 Å². The molecule has 0 aromatic carbocycles. The third-order valence-corrected chi connectivity index (χ3v) is 5.02. The fourth-order valence-corrected chi connectivity index (χ4v) is 3.75. The van der Waals surface area contributed by atoms with E-state index in [9.17, 15) is 18.0 Å². The molecule has 0 spiro atoms. The summed E-state index contributed by atoms with van der Waals surface area (Å²) in [5.74, 6) is 1.41. The number of halogens is 3. The molecule has 3 aromatic rings. The smallest absolute Gasteiger partial charge is 0.410 e. The summed E-state index contributed by atoms with van der Waals surface area (Å²) in [6, 6.07) is 1.87. The predicted molar refractivity (Wildman–Crippen MR) is 104 cm³/mol. The number of aryl methyl sites for hydroxylation is 1. The van der Waals surface area contributed by atoms with Crippen LogP contribution < -0.4 is 4.90 Å². The number of anilines is 1. The Balaban J connectivity index is 1.58. The Morgan fingerprint density at radius 1 is 1.40 bits per heavy atom. The van der Waals surface area contributed by atoms with Gasteiger partial charge in [-0.05, 0) is 25.8 Å². The van der Waals surface area contributed by atoms with Gasteiger partial charge in [-0.1, -0.05) is 0 Å². The van der Waals surface area contributed by atoms with Crippen molar-refractivity contribution in [3.63, 3.8) is 0 Å². The molecule has 0 aliphatic carbocycles. The molecular formula is C19H21F3N6O2. The highest BCUT2D eigenvalue weighted by Gasteiger charge is 2.33. The zero-order chi connectivity index (χ0) is 21.5. The van der Waals surface area contributed by atoms with Gasteiger partial charge in [0.1, 0.15) is 24.3 Å². The number of piperidine rings is 1. The van der Waals surface area contributed by atoms with E-state index in [1.165, 1.54) is 0 Å². The zero-order valence-corrected chi connectivity index (χ0v) is 16.5. The number of aromatic nitrogens is 4. The van der Waals surface area contributed by atoms with Crippen LogP contribution in [0, 0.1) is 6.92 Å². The number of pyridine rings is 1. The molecule has 1 fully saturated rings. The highest BCUT2D eigenvalue weighted by atomic mass is 19.4. The van der Waals surface area contributed by atoms with Crippen LogP contribution in [0.4, 0.5) is 23.8 Å². The Hall–Kier alpha value is -3.11. The molecule has 0 saturated carbocycles. The molecule has 1 aliphatic heterocycles. The molecule has 4 rings (SSSR count). The van der Waals surface area contributed by atoms with Crippen LogP contribution in [0.25, 0.3) is 21.9 Å². The molecule has 8 nitrogen and oxygen atoms in total. The largest absolute Gasteiger partial charge is 0.444 e. The third kappa shape index (κ3) is 4.10. The number of nitrogens with one attached hydrogen (secondary N) is 1. The van der Waals surface area contributed by atoms with Gasteiger partial charge in [0.25, 0.3) is 0 Å². The number of alkyl halides is 3. The van der Waals surface area contributed by atoms with Gasteiger partial charge in [-0.2, -0.15) is 13.2 Å². The van der Waals surface area contributed by atoms with Crippen molar-refractivity contribution in [2.45, 2.75) is 32.0 Å². The zero-order valence-electron chi connectivity index (χ0n) is 16.5. The fourth-order valence-electron chi connectivity index (χ4n) is 3.75. The molecule has 1 atom stereocenters. The van der Waals surface area contributed by atoms with Gasteiger partial charge in [0.15, 0.2) is 5.65 Å². The SMILES string of the molecule is Cc1nc(N2CCCC(OC(=O)N(C)CC(F)(F)F)C2)c2c(cnc3nccc32)[nH]1. The van der Waals surface area contributed by atoms with Crippen molar-refractivity contribution in [1.82, 2.24) is 24.8 Å². The molecule has 0 bridgehead atoms. The van der Waals surface area contributed by atoms with Gasteiger partial charge in [0.2, 0.25) is 0 Å². The number of carbonyl (C=O) groups is 1. The standard InChI is InChI=1S/C19H21F3N6O2/c1-11-25-14-8-24-16-13(5-6-23-16)15(14)17(26-11)28-7-3-4-12(9-28)30-18(29)27(2)10-19(20,21)22/h5-6,8,12H,3-4,7,9-10H2,1-2H3,(H,25,26). The topological polar surface area (TPSA) is 87.2 Å². The molecule has 1 amide bonds. The summed E-state index contributed by atoms with van der Waals surface area (Å²) in [6.07, 6.45) is -1.31. The second-order valence-electron chi connectivity index (χ2n) is 7.44. The number of ether oxygens (including phenoxy) is 1. The summed E-state index contributed by atoms with van der Waals surface area (Å²) < 4.78 is 43.0. The van der Waals surface area contributed by atoms with Gasteiger partial charge in [0, 0.05) is 25.2 Å². The molecule has 1 unspecified atom stereocenters. The Morgan fingerprint density at radius 3 is 2.97 bits per heavy atom. The highest BCUT2D eigenvalue weighted by molar-refractivity contribution is 6.09. The van der Waals surface area contributed by atoms with Gasteiger partial charge in [-0.25, -0.2) is 19.7 Å². The Morgan fingerprint density at radius 2 is 2.20 bits per heavy atom. The van der Waals surface area contributed by atoms with Crippen LogP contribution >= 0.6 is 0 Å². The Kier molecular flexibility index (Phi) is 5.12. The lowest BCUT2D eigenvalue weighted by Gasteiger charge is -2.34. The monoisotopic (exact) mass is 422 g/mol. The number of rotatable bonds is 3. The molecule has 0 radical (unpaired) electrons. The molecule has 1 aliphatic rings. The van der Waals surface area contributed by atoms with Crippen LogP contribution in [-0.2, 0) is 4.74 Å². The number of nitrogens with zero attached hydrogens (tertiary/aromatic N) is 5. The number of H-pyrrole nitrogens is 1. The fraction of sp³-hybridized carbons (Fsp3) is 0.474. The maximum atomic E-state index is 12.5. The lowest BCUT2D eigenvalue weighted by Crippen LogP contribution is -2.44. The van der Waals surface area contributed by atoms with E-state index in [0.717, 1.165) is 29.8 Å². The quantitative estimate of drug-likeness (QED) is 0.696. The van der Waals surface area contributed by atoms with E-state index >= 15 is 0 Å². The van der Waals surface area contributed by atoms with Gasteiger partial charge in [-0.3, -0.25) is 0 Å². The number of fused-ring (bicyclic) bond motifs is 3. The van der Waals surface area contributed by atoms with Crippen molar-refractivity contribution < 1.29 is 22.7 Å². The van der Waals surface area contributed by atoms with Crippen LogP contribution in [0.3, 0.4) is 0 Å². The van der Waals surface area contributed by atoms with Gasteiger partial charge in [-0.15, -0.1) is 0 Å². The van der Waals surface area contributed by atoms with Crippen molar-refractivity contribution in [2.24, 2.45) is 0 Å². The summed E-state index contributed by atoms with van der Waals surface area (Å²) in [4.78, 5) is 31.1. The third-order valence-electron chi connectivity index (χ3n) is 5.02. The van der Waals surface area contributed by atoms with Crippen molar-refractivity contribution >= 4 is 33.8 Å². The van der Waals surface area contributed by atoms with Crippen LogP contribution in [-0.4, -0.2) is 69.9 Å². The average molecular weight is 422 g/mol. The number of hydrogen-bond donors (Lipinski definition) is 1. The molecule has 1 N–H and O–H groups in total. The van der Waals surface area contributed by atoms with Gasteiger partial charge in [0.05, 0.1) is 23.6 Å². The van der Waals surface area contributed by atoms with Crippen LogP contribution in [0.5, 0.6) is 0 Å². The first-order valence-electron chi connectivity index (χ1n) is 9.55. The van der Waals surface area contributed by atoms with E-state index in [2.05, 4.69) is 19.9 Å². The van der Waals surface area contributed by atoms with E-state index in [0.29, 0.717) is 41.7 Å². The maximum absolute atomic E-state index is 12.5. The highest BCUT2D eigenvalue weighted by Crippen LogP contribution is 2.32. The summed E-state index contributed by atoms with van der Waals surface area (Å²) >= 11 is 0. The van der Waals surface area contributed by atoms with Crippen molar-refractivity contribution in [3.05, 3.63) is 24.3 Å². The lowest BCUT2D eigenvalue weighted by atomic mass is 10.1. The predicted octanol–water partition coefficient (Wildman–Crippen LogP) is 3.41. The number of hydrogen-bond acceptors (Lipinski definition) is 6. The number of carbonyl (C=O) groups excluding carboxylic acids is 1. The summed E-state index contributed by atoms with van der Waals surface area (Å²) in [5.41, 5.74) is 1.42. The minimum Gasteiger partial charge on any atom is -0.444 e. The second-order valence-corrected chi connectivity index (χ2v) is 7.44. The molecule has 160 valence electrons. The van der Waals surface area contributed by atoms with E-state index in [4.69, 9.17) is 4.74 Å². The summed E-state index contributed by atoms with van der Waals surface area (Å²) in [5, 5.41) is 1.72. The first-order chi connectivity index (χ1) is 14.2. The van der Waals surface area contributed by atoms with Crippen molar-refractivity contribution in [2.75, 3.05) is 31.6 Å². The second kappa shape index (κ2) is 7.62. The van der Waals surface area contributed by atoms with Crippen molar-refractivity contribution in [3.8, 4) is 0 Å². The van der Waals surface area contributed by atoms with Crippen LogP contribution in [0.15, 0.2) is 18.5 Å². The average Bonchev–Trinajstić information content (AvgIpc) is 3.15. The van der Waals surface area contributed by atoms with E-state index < -0.39 is 24.9 Å². The first-order valence-corrected chi connectivity index (χ1v) is 9.55. The van der Waals surface area contributed by atoms with Crippen molar-refractivity contribution in [1.29, 1.82) is 0 Å². The lowest BCUT2D eigenvalue weighted by molar-refractivity contribution is -0.140. The number of aromatic amines is 1. The minimum atomic E-state index is -4.47. The van der Waals surface area contributed by atoms with E-state index in [1.54, 1.807) is 12.4 Å². The summed E-state index contributed by atoms with van der Waals surface area (Å²) in [7, 11) is 1.08. The molecule has 4 heterocycles. The summed E-state index contributed by atoms with van der Waals surface area (Å²) in [6.45, 7) is 1.52. The Bertz CT molecular complexity index is 1080. The molecular weight excluding hydrogens is 401 g/mol.